The number of aromatic nitrogens is 3. The molecule has 0 aliphatic rings. The maximum Gasteiger partial charge on any atom is 0.246 e. The molecule has 0 aliphatic carbocycles. The molecule has 0 unspecified atom stereocenters. The summed E-state index contributed by atoms with van der Waals surface area (Å²) < 4.78 is 11.3. The summed E-state index contributed by atoms with van der Waals surface area (Å²) in [6.07, 6.45) is 1.87. The Morgan fingerprint density at radius 2 is 1.35 bits per heavy atom. The lowest BCUT2D eigenvalue weighted by Gasteiger charge is -2.09. The summed E-state index contributed by atoms with van der Waals surface area (Å²) in [5.74, 6) is 0. The van der Waals surface area contributed by atoms with Crippen LogP contribution in [0.5, 0.6) is 0 Å². The van der Waals surface area contributed by atoms with Gasteiger partial charge in [0.2, 0.25) is 5.71 Å². The van der Waals surface area contributed by atoms with Gasteiger partial charge in [0.25, 0.3) is 0 Å². The fourth-order valence-electron chi connectivity index (χ4n) is 7.62. The van der Waals surface area contributed by atoms with E-state index in [4.69, 9.17) is 14.4 Å². The summed E-state index contributed by atoms with van der Waals surface area (Å²) in [6.45, 7) is 0. The number of para-hydroxylation sites is 1. The van der Waals surface area contributed by atoms with Crippen molar-refractivity contribution in [2.45, 2.75) is 0 Å². The van der Waals surface area contributed by atoms with Crippen LogP contribution in [0.1, 0.15) is 0 Å². The molecule has 0 radical (unpaired) electrons. The van der Waals surface area contributed by atoms with E-state index < -0.39 is 0 Å². The van der Waals surface area contributed by atoms with E-state index in [0.717, 1.165) is 55.3 Å². The van der Waals surface area contributed by atoms with Gasteiger partial charge in [0, 0.05) is 42.2 Å². The minimum absolute atomic E-state index is 0.553. The molecule has 11 aromatic rings. The highest BCUT2D eigenvalue weighted by Gasteiger charge is 2.19. The predicted molar refractivity (Wildman–Crippen MR) is 205 cm³/mol. The number of rotatable bonds is 3. The summed E-state index contributed by atoms with van der Waals surface area (Å²) in [5, 5.41) is 8.45. The second-order valence-corrected chi connectivity index (χ2v) is 13.6. The van der Waals surface area contributed by atoms with Gasteiger partial charge >= 0.3 is 0 Å². The molecule has 228 valence electrons. The van der Waals surface area contributed by atoms with Crippen molar-refractivity contribution >= 4 is 86.3 Å². The largest absolute Gasteiger partial charge is 0.436 e. The number of nitrogens with zero attached hydrogens (tertiary/aromatic N) is 3. The van der Waals surface area contributed by atoms with E-state index in [2.05, 4.69) is 144 Å². The number of benzene rings is 7. The smallest absolute Gasteiger partial charge is 0.246 e. The summed E-state index contributed by atoms with van der Waals surface area (Å²) in [4.78, 5) is 9.87. The van der Waals surface area contributed by atoms with E-state index in [1.807, 2.05) is 23.6 Å². The zero-order chi connectivity index (χ0) is 32.1. The molecule has 5 heteroatoms. The average molecular weight is 644 g/mol. The van der Waals surface area contributed by atoms with Crippen molar-refractivity contribution in [2.75, 3.05) is 0 Å². The van der Waals surface area contributed by atoms with Crippen LogP contribution < -0.4 is 0 Å². The van der Waals surface area contributed by atoms with Gasteiger partial charge < -0.3 is 8.98 Å². The van der Waals surface area contributed by atoms with Gasteiger partial charge in [-0.2, -0.15) is 0 Å². The van der Waals surface area contributed by atoms with Crippen LogP contribution in [0.15, 0.2) is 156 Å². The third-order valence-corrected chi connectivity index (χ3v) is 11.1. The van der Waals surface area contributed by atoms with Crippen LogP contribution in [0.3, 0.4) is 0 Å². The Balaban J connectivity index is 1.10. The lowest BCUT2D eigenvalue weighted by Crippen LogP contribution is -1.93. The summed E-state index contributed by atoms with van der Waals surface area (Å²) in [5.41, 5.74) is 9.78. The Morgan fingerprint density at radius 1 is 0.551 bits per heavy atom. The van der Waals surface area contributed by atoms with Crippen molar-refractivity contribution in [3.63, 3.8) is 0 Å². The number of furan rings is 1. The first kappa shape index (κ1) is 26.7. The molecule has 4 nitrogen and oxygen atoms in total. The number of hydrogen-bond acceptors (Lipinski definition) is 4. The second-order valence-electron chi connectivity index (χ2n) is 12.6. The maximum atomic E-state index is 6.25. The van der Waals surface area contributed by atoms with Gasteiger partial charge in [-0.05, 0) is 70.4 Å². The highest BCUT2D eigenvalue weighted by Crippen LogP contribution is 2.44. The molecule has 0 aliphatic heterocycles. The highest BCUT2D eigenvalue weighted by atomic mass is 32.1. The monoisotopic (exact) mass is 643 g/mol. The van der Waals surface area contributed by atoms with Crippen LogP contribution >= 0.6 is 11.3 Å². The molecule has 0 saturated heterocycles. The topological polar surface area (TPSA) is 43.9 Å². The van der Waals surface area contributed by atoms with E-state index >= 15 is 0 Å². The first-order valence-corrected chi connectivity index (χ1v) is 17.2. The maximum absolute atomic E-state index is 6.25. The van der Waals surface area contributed by atoms with Crippen molar-refractivity contribution in [1.82, 2.24) is 14.5 Å². The molecular formula is C44H25N3OS. The van der Waals surface area contributed by atoms with Crippen LogP contribution in [0, 0.1) is 0 Å². The molecular weight excluding hydrogens is 619 g/mol. The standard InChI is InChI=1S/C44H25N3OS/c1-2-12-30(13-3-1)47-36-20-17-28(24-34(36)40-37(47)21-19-33-32-15-6-7-16-39(32)49-43(33)40)27-10-8-11-29(23-27)35-25-45-42-41-31-14-5-4-9-26(31)18-22-38(41)48-44(42)46-35/h1-25H. The molecule has 0 fully saturated rings. The van der Waals surface area contributed by atoms with E-state index in [1.54, 1.807) is 0 Å². The molecule has 0 saturated carbocycles. The number of thiophene rings is 1. The minimum Gasteiger partial charge on any atom is -0.436 e. The summed E-state index contributed by atoms with van der Waals surface area (Å²) >= 11 is 1.88. The number of fused-ring (bicyclic) bond motifs is 12. The van der Waals surface area contributed by atoms with Crippen LogP contribution in [0.2, 0.25) is 0 Å². The molecule has 0 N–H and O–H groups in total. The molecule has 4 aromatic heterocycles. The molecule has 49 heavy (non-hydrogen) atoms. The lowest BCUT2D eigenvalue weighted by molar-refractivity contribution is 0.654. The molecule has 0 bridgehead atoms. The van der Waals surface area contributed by atoms with Crippen LogP contribution in [-0.2, 0) is 0 Å². The Bertz CT molecular complexity index is 3110. The average Bonchev–Trinajstić information content (AvgIpc) is 3.84. The van der Waals surface area contributed by atoms with Gasteiger partial charge in [0.15, 0.2) is 0 Å². The Morgan fingerprint density at radius 3 is 2.29 bits per heavy atom. The van der Waals surface area contributed by atoms with E-state index in [1.165, 1.54) is 42.0 Å². The van der Waals surface area contributed by atoms with E-state index in [0.29, 0.717) is 5.71 Å². The third-order valence-electron chi connectivity index (χ3n) is 9.85. The fourth-order valence-corrected chi connectivity index (χ4v) is 8.88. The minimum atomic E-state index is 0.553. The predicted octanol–water partition coefficient (Wildman–Crippen LogP) is 12.3. The van der Waals surface area contributed by atoms with E-state index in [9.17, 15) is 0 Å². The summed E-state index contributed by atoms with van der Waals surface area (Å²) in [7, 11) is 0. The van der Waals surface area contributed by atoms with Crippen LogP contribution in [0.25, 0.3) is 103 Å². The van der Waals surface area contributed by atoms with Gasteiger partial charge in [-0.15, -0.1) is 11.3 Å². The normalized spacial score (nSPS) is 12.1. The molecule has 11 rings (SSSR count). The van der Waals surface area contributed by atoms with Crippen LogP contribution in [-0.4, -0.2) is 14.5 Å². The number of hydrogen-bond donors (Lipinski definition) is 0. The molecule has 7 aromatic carbocycles. The van der Waals surface area contributed by atoms with Gasteiger partial charge in [-0.3, -0.25) is 0 Å². The molecule has 0 amide bonds. The highest BCUT2D eigenvalue weighted by molar-refractivity contribution is 7.26. The lowest BCUT2D eigenvalue weighted by atomic mass is 9.99. The zero-order valence-corrected chi connectivity index (χ0v) is 26.9. The fraction of sp³-hybridized carbons (Fsp3) is 0. The summed E-state index contributed by atoms with van der Waals surface area (Å²) in [6, 6.07) is 51.9. The zero-order valence-electron chi connectivity index (χ0n) is 26.1. The van der Waals surface area contributed by atoms with Crippen molar-refractivity contribution in [3.05, 3.63) is 152 Å². The van der Waals surface area contributed by atoms with Crippen molar-refractivity contribution < 1.29 is 4.42 Å². The van der Waals surface area contributed by atoms with Crippen molar-refractivity contribution in [3.8, 4) is 28.1 Å². The Hall–Kier alpha value is -6.30. The molecule has 4 heterocycles. The SMILES string of the molecule is c1ccc(-n2c3ccc(-c4cccc(-c5cnc6c(n5)oc5ccc7ccccc7c56)c4)cc3c3c4sc5ccccc5c4ccc32)cc1. The van der Waals surface area contributed by atoms with Gasteiger partial charge in [0.1, 0.15) is 11.1 Å². The van der Waals surface area contributed by atoms with Gasteiger partial charge in [-0.1, -0.05) is 97.1 Å². The van der Waals surface area contributed by atoms with E-state index in [-0.39, 0.29) is 0 Å². The molecule has 0 spiro atoms. The van der Waals surface area contributed by atoms with Gasteiger partial charge in [0.05, 0.1) is 28.3 Å². The Labute approximate surface area is 284 Å². The quantitative estimate of drug-likeness (QED) is 0.192. The Kier molecular flexibility index (Phi) is 5.51. The van der Waals surface area contributed by atoms with Gasteiger partial charge in [-0.25, -0.2) is 9.97 Å². The third kappa shape index (κ3) is 3.91. The molecule has 0 atom stereocenters. The second kappa shape index (κ2) is 10.1. The first-order chi connectivity index (χ1) is 24.3. The first-order valence-electron chi connectivity index (χ1n) is 16.4. The van der Waals surface area contributed by atoms with Crippen molar-refractivity contribution in [1.29, 1.82) is 0 Å². The van der Waals surface area contributed by atoms with Crippen molar-refractivity contribution in [2.24, 2.45) is 0 Å². The van der Waals surface area contributed by atoms with Crippen LogP contribution in [0.4, 0.5) is 0 Å².